The van der Waals surface area contributed by atoms with E-state index in [1.807, 2.05) is 31.2 Å². The van der Waals surface area contributed by atoms with Gasteiger partial charge in [0.05, 0.1) is 20.1 Å². The van der Waals surface area contributed by atoms with Gasteiger partial charge in [0.15, 0.2) is 0 Å². The first-order valence-electron chi connectivity index (χ1n) is 11.6. The first kappa shape index (κ1) is 27.8. The van der Waals surface area contributed by atoms with Gasteiger partial charge in [-0.15, -0.1) is 0 Å². The predicted octanol–water partition coefficient (Wildman–Crippen LogP) is 3.14. The summed E-state index contributed by atoms with van der Waals surface area (Å²) in [6, 6.07) is 12.2. The van der Waals surface area contributed by atoms with Gasteiger partial charge in [-0.25, -0.2) is 14.0 Å². The molecule has 8 nitrogen and oxygen atoms in total. The molecule has 35 heavy (non-hydrogen) atoms. The Labute approximate surface area is 205 Å². The van der Waals surface area contributed by atoms with Gasteiger partial charge in [0.25, 0.3) is 0 Å². The van der Waals surface area contributed by atoms with Crippen molar-refractivity contribution in [2.24, 2.45) is 11.7 Å². The van der Waals surface area contributed by atoms with Crippen LogP contribution < -0.4 is 11.1 Å². The number of benzene rings is 2. The van der Waals surface area contributed by atoms with Gasteiger partial charge < -0.3 is 25.4 Å². The number of carbonyl (C=O) groups is 3. The number of carbonyl (C=O) groups excluding carboxylic acids is 3. The number of hydrogen-bond donors (Lipinski definition) is 2. The van der Waals surface area contributed by atoms with E-state index in [9.17, 15) is 18.8 Å². The quantitative estimate of drug-likeness (QED) is 0.445. The molecule has 0 radical (unpaired) electrons. The second-order valence-electron chi connectivity index (χ2n) is 8.19. The number of esters is 2. The van der Waals surface area contributed by atoms with Crippen LogP contribution >= 0.6 is 0 Å². The molecule has 2 aromatic carbocycles. The van der Waals surface area contributed by atoms with Gasteiger partial charge >= 0.3 is 18.0 Å². The van der Waals surface area contributed by atoms with Crippen LogP contribution in [0.2, 0.25) is 0 Å². The van der Waals surface area contributed by atoms with Gasteiger partial charge in [0.1, 0.15) is 11.9 Å². The molecule has 0 unspecified atom stereocenters. The zero-order valence-electron chi connectivity index (χ0n) is 20.5. The average Bonchev–Trinajstić information content (AvgIpc) is 2.88. The number of nitrogens with two attached hydrogens (primary N) is 1. The van der Waals surface area contributed by atoms with E-state index in [4.69, 9.17) is 15.2 Å². The van der Waals surface area contributed by atoms with Gasteiger partial charge in [-0.05, 0) is 35.2 Å². The molecule has 190 valence electrons. The fourth-order valence-corrected chi connectivity index (χ4v) is 3.59. The Kier molecular flexibility index (Phi) is 11.2. The van der Waals surface area contributed by atoms with E-state index >= 15 is 0 Å². The molecule has 2 rings (SSSR count). The minimum Gasteiger partial charge on any atom is -0.469 e. The third-order valence-corrected chi connectivity index (χ3v) is 5.68. The molecule has 0 saturated carbocycles. The molecular weight excluding hydrogens is 453 g/mol. The van der Waals surface area contributed by atoms with Crippen LogP contribution in [0.5, 0.6) is 0 Å². The van der Waals surface area contributed by atoms with Gasteiger partial charge in [-0.2, -0.15) is 0 Å². The van der Waals surface area contributed by atoms with Crippen molar-refractivity contribution in [1.82, 2.24) is 10.2 Å². The van der Waals surface area contributed by atoms with Crippen LogP contribution in [0, 0.1) is 11.7 Å². The third-order valence-electron chi connectivity index (χ3n) is 5.68. The molecule has 0 heterocycles. The van der Waals surface area contributed by atoms with Crippen LogP contribution in [0.25, 0.3) is 11.1 Å². The Morgan fingerprint density at radius 3 is 2.06 bits per heavy atom. The maximum atomic E-state index is 13.2. The summed E-state index contributed by atoms with van der Waals surface area (Å²) in [5.41, 5.74) is 8.28. The largest absolute Gasteiger partial charge is 0.469 e. The standard InChI is InChI=1S/C26H34FN3O5/c1-4-5-14-30(17-21(16-28)24(31)34-2)26(33)29-23(25(32)35-3)15-18-6-8-19(9-7-18)20-10-12-22(27)13-11-20/h6-13,21,23H,4-5,14-17,28H2,1-3H3,(H,29,33)/t21-,23+/m1/s1. The highest BCUT2D eigenvalue weighted by molar-refractivity contribution is 5.84. The monoisotopic (exact) mass is 487 g/mol. The summed E-state index contributed by atoms with van der Waals surface area (Å²) in [6.45, 7) is 2.50. The SMILES string of the molecule is CCCCN(C[C@@H](CN)C(=O)OC)C(=O)N[C@@H](Cc1ccc(-c2ccc(F)cc2)cc1)C(=O)OC. The van der Waals surface area contributed by atoms with Crippen molar-refractivity contribution in [3.05, 3.63) is 59.9 Å². The van der Waals surface area contributed by atoms with Crippen LogP contribution in [-0.4, -0.2) is 62.8 Å². The third kappa shape index (κ3) is 8.36. The number of hydrogen-bond acceptors (Lipinski definition) is 6. The van der Waals surface area contributed by atoms with Gasteiger partial charge in [-0.1, -0.05) is 49.7 Å². The summed E-state index contributed by atoms with van der Waals surface area (Å²) in [5.74, 6) is -2.05. The Hall–Kier alpha value is -3.46. The molecule has 3 N–H and O–H groups in total. The zero-order chi connectivity index (χ0) is 25.8. The fourth-order valence-electron chi connectivity index (χ4n) is 3.59. The van der Waals surface area contributed by atoms with E-state index in [1.54, 1.807) is 12.1 Å². The summed E-state index contributed by atoms with van der Waals surface area (Å²) in [6.07, 6.45) is 1.77. The Bertz CT molecular complexity index is 966. The first-order chi connectivity index (χ1) is 16.8. The predicted molar refractivity (Wildman–Crippen MR) is 131 cm³/mol. The Balaban J connectivity index is 2.14. The van der Waals surface area contributed by atoms with Gasteiger partial charge in [0.2, 0.25) is 0 Å². The topological polar surface area (TPSA) is 111 Å². The van der Waals surface area contributed by atoms with Crippen LogP contribution in [0.4, 0.5) is 9.18 Å². The molecule has 0 aliphatic carbocycles. The van der Waals surface area contributed by atoms with E-state index < -0.39 is 29.9 Å². The smallest absolute Gasteiger partial charge is 0.328 e. The normalized spacial score (nSPS) is 12.4. The highest BCUT2D eigenvalue weighted by Crippen LogP contribution is 2.21. The maximum absolute atomic E-state index is 13.2. The van der Waals surface area contributed by atoms with Crippen molar-refractivity contribution >= 4 is 18.0 Å². The number of urea groups is 1. The van der Waals surface area contributed by atoms with E-state index in [0.29, 0.717) is 6.54 Å². The number of methoxy groups -OCH3 is 2. The average molecular weight is 488 g/mol. The molecule has 0 spiro atoms. The fraction of sp³-hybridized carbons (Fsp3) is 0.423. The van der Waals surface area contributed by atoms with E-state index in [-0.39, 0.29) is 25.3 Å². The van der Waals surface area contributed by atoms with Crippen LogP contribution in [0.1, 0.15) is 25.3 Å². The van der Waals surface area contributed by atoms with Crippen LogP contribution in [0.15, 0.2) is 48.5 Å². The van der Waals surface area contributed by atoms with E-state index in [2.05, 4.69) is 5.32 Å². The molecule has 0 aromatic heterocycles. The van der Waals surface area contributed by atoms with Gasteiger partial charge in [0, 0.05) is 26.1 Å². The molecule has 0 aliphatic heterocycles. The molecule has 2 atom stereocenters. The number of ether oxygens (including phenoxy) is 2. The summed E-state index contributed by atoms with van der Waals surface area (Å²) in [5, 5.41) is 2.74. The number of rotatable bonds is 12. The van der Waals surface area contributed by atoms with E-state index in [1.165, 1.54) is 31.3 Å². The lowest BCUT2D eigenvalue weighted by molar-refractivity contribution is -0.146. The van der Waals surface area contributed by atoms with Crippen molar-refractivity contribution in [3.63, 3.8) is 0 Å². The second-order valence-corrected chi connectivity index (χ2v) is 8.19. The zero-order valence-corrected chi connectivity index (χ0v) is 20.5. The van der Waals surface area contributed by atoms with Crippen LogP contribution in [-0.2, 0) is 25.5 Å². The summed E-state index contributed by atoms with van der Waals surface area (Å²) < 4.78 is 22.9. The Morgan fingerprint density at radius 1 is 0.971 bits per heavy atom. The maximum Gasteiger partial charge on any atom is 0.328 e. The number of nitrogens with zero attached hydrogens (tertiary/aromatic N) is 1. The second kappa shape index (κ2) is 14.1. The number of nitrogens with one attached hydrogen (secondary N) is 1. The lowest BCUT2D eigenvalue weighted by Gasteiger charge is -2.28. The minimum absolute atomic E-state index is 0.0312. The Morgan fingerprint density at radius 2 is 1.54 bits per heavy atom. The summed E-state index contributed by atoms with van der Waals surface area (Å²) in [4.78, 5) is 39.0. The molecule has 0 saturated heterocycles. The number of halogens is 1. The van der Waals surface area contributed by atoms with E-state index in [0.717, 1.165) is 29.5 Å². The highest BCUT2D eigenvalue weighted by Gasteiger charge is 2.28. The molecule has 0 fully saturated rings. The molecule has 2 aromatic rings. The van der Waals surface area contributed by atoms with Crippen molar-refractivity contribution in [2.45, 2.75) is 32.2 Å². The van der Waals surface area contributed by atoms with Crippen molar-refractivity contribution in [1.29, 1.82) is 0 Å². The highest BCUT2D eigenvalue weighted by atomic mass is 19.1. The number of amides is 2. The van der Waals surface area contributed by atoms with Crippen molar-refractivity contribution < 1.29 is 28.2 Å². The lowest BCUT2D eigenvalue weighted by Crippen LogP contribution is -2.51. The lowest BCUT2D eigenvalue weighted by atomic mass is 10.0. The first-order valence-corrected chi connectivity index (χ1v) is 11.6. The van der Waals surface area contributed by atoms with Crippen LogP contribution in [0.3, 0.4) is 0 Å². The number of unbranched alkanes of at least 4 members (excludes halogenated alkanes) is 1. The molecule has 0 aliphatic rings. The van der Waals surface area contributed by atoms with Gasteiger partial charge in [-0.3, -0.25) is 4.79 Å². The van der Waals surface area contributed by atoms with Crippen molar-refractivity contribution in [2.75, 3.05) is 33.9 Å². The molecule has 9 heteroatoms. The minimum atomic E-state index is -0.928. The van der Waals surface area contributed by atoms with Crippen molar-refractivity contribution in [3.8, 4) is 11.1 Å². The molecular formula is C26H34FN3O5. The molecule has 0 bridgehead atoms. The summed E-state index contributed by atoms with van der Waals surface area (Å²) >= 11 is 0. The summed E-state index contributed by atoms with van der Waals surface area (Å²) in [7, 11) is 2.53. The molecule has 2 amide bonds.